The number of carbonyl (C=O) groups is 1. The molecule has 1 aromatic carbocycles. The molecule has 0 amide bonds. The predicted molar refractivity (Wildman–Crippen MR) is 56.9 cm³/mol. The number of thioether (sulfide) groups is 1. The van der Waals surface area contributed by atoms with E-state index in [1.807, 2.05) is 6.92 Å². The number of hydrogen-bond acceptors (Lipinski definition) is 2. The normalized spacial score (nSPS) is 19.4. The van der Waals surface area contributed by atoms with E-state index in [4.69, 9.17) is 5.11 Å². The molecule has 0 aliphatic carbocycles. The summed E-state index contributed by atoms with van der Waals surface area (Å²) in [5.74, 6) is 0.405. The summed E-state index contributed by atoms with van der Waals surface area (Å²) >= 11 is 1.76. The largest absolute Gasteiger partial charge is 0.481 e. The van der Waals surface area contributed by atoms with Crippen LogP contribution in [0, 0.1) is 6.92 Å². The molecule has 1 aromatic rings. The zero-order valence-electron chi connectivity index (χ0n) is 7.99. The van der Waals surface area contributed by atoms with Crippen molar-refractivity contribution in [3.05, 3.63) is 29.3 Å². The van der Waals surface area contributed by atoms with E-state index in [1.54, 1.807) is 11.8 Å². The van der Waals surface area contributed by atoms with Gasteiger partial charge in [0.05, 0.1) is 6.42 Å². The van der Waals surface area contributed by atoms with Crippen LogP contribution in [0.2, 0.25) is 0 Å². The molecular weight excluding hydrogens is 196 g/mol. The van der Waals surface area contributed by atoms with Gasteiger partial charge < -0.3 is 5.11 Å². The third-order valence-corrected chi connectivity index (χ3v) is 3.72. The number of rotatable bonds is 2. The number of benzene rings is 1. The van der Waals surface area contributed by atoms with E-state index in [9.17, 15) is 4.79 Å². The van der Waals surface area contributed by atoms with Crippen molar-refractivity contribution in [3.8, 4) is 0 Å². The molecule has 0 fully saturated rings. The number of aryl methyl sites for hydroxylation is 1. The maximum absolute atomic E-state index is 10.6. The Morgan fingerprint density at radius 3 is 3.14 bits per heavy atom. The highest BCUT2D eigenvalue weighted by atomic mass is 32.2. The van der Waals surface area contributed by atoms with Gasteiger partial charge in [0.1, 0.15) is 0 Å². The second kappa shape index (κ2) is 3.65. The van der Waals surface area contributed by atoms with Gasteiger partial charge in [-0.1, -0.05) is 17.7 Å². The van der Waals surface area contributed by atoms with Crippen LogP contribution in [0.25, 0.3) is 0 Å². The van der Waals surface area contributed by atoms with E-state index in [0.29, 0.717) is 0 Å². The Balaban J connectivity index is 2.28. The Hall–Kier alpha value is -0.960. The fourth-order valence-electron chi connectivity index (χ4n) is 1.78. The van der Waals surface area contributed by atoms with Crippen molar-refractivity contribution < 1.29 is 9.90 Å². The molecule has 0 saturated heterocycles. The zero-order chi connectivity index (χ0) is 10.1. The quantitative estimate of drug-likeness (QED) is 0.811. The van der Waals surface area contributed by atoms with Crippen LogP contribution in [0.3, 0.4) is 0 Å². The number of carboxylic acid groups (broad SMARTS) is 1. The summed E-state index contributed by atoms with van der Waals surface area (Å²) in [6.07, 6.45) is 0.253. The number of aliphatic carboxylic acids is 1. The van der Waals surface area contributed by atoms with Crippen molar-refractivity contribution in [2.45, 2.75) is 24.2 Å². The van der Waals surface area contributed by atoms with Crippen molar-refractivity contribution in [1.82, 2.24) is 0 Å². The molecule has 1 aliphatic rings. The van der Waals surface area contributed by atoms with E-state index in [-0.39, 0.29) is 12.3 Å². The average molecular weight is 208 g/mol. The number of hydrogen-bond donors (Lipinski definition) is 1. The van der Waals surface area contributed by atoms with Gasteiger partial charge in [0.15, 0.2) is 0 Å². The minimum atomic E-state index is -0.704. The summed E-state index contributed by atoms with van der Waals surface area (Å²) in [4.78, 5) is 11.9. The van der Waals surface area contributed by atoms with Crippen LogP contribution in [0.15, 0.2) is 23.1 Å². The van der Waals surface area contributed by atoms with Gasteiger partial charge in [-0.25, -0.2) is 0 Å². The van der Waals surface area contributed by atoms with Crippen LogP contribution in [0.5, 0.6) is 0 Å². The lowest BCUT2D eigenvalue weighted by atomic mass is 9.97. The Morgan fingerprint density at radius 2 is 2.43 bits per heavy atom. The Morgan fingerprint density at radius 1 is 1.64 bits per heavy atom. The molecule has 1 heterocycles. The van der Waals surface area contributed by atoms with Gasteiger partial charge in [-0.2, -0.15) is 0 Å². The zero-order valence-corrected chi connectivity index (χ0v) is 8.80. The highest BCUT2D eigenvalue weighted by Crippen LogP contribution is 2.41. The fourth-order valence-corrected chi connectivity index (χ4v) is 3.01. The van der Waals surface area contributed by atoms with Crippen molar-refractivity contribution in [3.63, 3.8) is 0 Å². The molecule has 74 valence electrons. The average Bonchev–Trinajstić information content (AvgIpc) is 2.47. The lowest BCUT2D eigenvalue weighted by Gasteiger charge is -2.07. The highest BCUT2D eigenvalue weighted by molar-refractivity contribution is 7.99. The molecular formula is C11H12O2S. The first-order chi connectivity index (χ1) is 6.66. The van der Waals surface area contributed by atoms with E-state index in [2.05, 4.69) is 18.2 Å². The van der Waals surface area contributed by atoms with Crippen molar-refractivity contribution in [2.75, 3.05) is 5.75 Å². The molecule has 0 saturated carbocycles. The molecule has 3 heteroatoms. The van der Waals surface area contributed by atoms with Gasteiger partial charge in [0, 0.05) is 16.6 Å². The van der Waals surface area contributed by atoms with Crippen LogP contribution in [-0.4, -0.2) is 16.8 Å². The maximum Gasteiger partial charge on any atom is 0.303 e. The molecule has 0 bridgehead atoms. The number of carboxylic acids is 1. The molecule has 14 heavy (non-hydrogen) atoms. The Kier molecular flexibility index (Phi) is 2.50. The van der Waals surface area contributed by atoms with Crippen LogP contribution in [-0.2, 0) is 4.79 Å². The minimum absolute atomic E-state index is 0.201. The van der Waals surface area contributed by atoms with Gasteiger partial charge >= 0.3 is 5.97 Å². The monoisotopic (exact) mass is 208 g/mol. The molecule has 0 spiro atoms. The summed E-state index contributed by atoms with van der Waals surface area (Å²) in [5.41, 5.74) is 2.43. The van der Waals surface area contributed by atoms with E-state index < -0.39 is 5.97 Å². The van der Waals surface area contributed by atoms with Gasteiger partial charge in [0.2, 0.25) is 0 Å². The fraction of sp³-hybridized carbons (Fsp3) is 0.364. The minimum Gasteiger partial charge on any atom is -0.481 e. The van der Waals surface area contributed by atoms with Gasteiger partial charge in [-0.3, -0.25) is 4.79 Å². The van der Waals surface area contributed by atoms with Crippen LogP contribution < -0.4 is 0 Å². The first-order valence-corrected chi connectivity index (χ1v) is 5.60. The van der Waals surface area contributed by atoms with E-state index in [1.165, 1.54) is 16.0 Å². The molecule has 0 radical (unpaired) electrons. The lowest BCUT2D eigenvalue weighted by molar-refractivity contribution is -0.137. The number of fused-ring (bicyclic) bond motifs is 1. The van der Waals surface area contributed by atoms with Gasteiger partial charge in [-0.05, 0) is 18.6 Å². The molecule has 0 aromatic heterocycles. The first-order valence-electron chi connectivity index (χ1n) is 4.62. The van der Waals surface area contributed by atoms with Crippen molar-refractivity contribution in [1.29, 1.82) is 0 Å². The standard InChI is InChI=1S/C11H12O2S/c1-7-2-3-10-9(4-7)8(6-14-10)5-11(12)13/h2-4,8H,5-6H2,1H3,(H,12,13). The summed E-state index contributed by atoms with van der Waals surface area (Å²) in [5, 5.41) is 8.76. The van der Waals surface area contributed by atoms with Crippen LogP contribution in [0.4, 0.5) is 0 Å². The predicted octanol–water partition coefficient (Wildman–Crippen LogP) is 2.66. The Bertz CT molecular complexity index is 374. The second-order valence-electron chi connectivity index (χ2n) is 3.65. The molecule has 1 unspecified atom stereocenters. The first kappa shape index (κ1) is 9.59. The van der Waals surface area contributed by atoms with Gasteiger partial charge in [-0.15, -0.1) is 11.8 Å². The molecule has 2 rings (SSSR count). The topological polar surface area (TPSA) is 37.3 Å². The highest BCUT2D eigenvalue weighted by Gasteiger charge is 2.24. The third kappa shape index (κ3) is 1.77. The SMILES string of the molecule is Cc1ccc2c(c1)C(CC(=O)O)CS2. The Labute approximate surface area is 87.3 Å². The third-order valence-electron chi connectivity index (χ3n) is 2.47. The molecule has 2 nitrogen and oxygen atoms in total. The summed E-state index contributed by atoms with van der Waals surface area (Å²) in [7, 11) is 0. The second-order valence-corrected chi connectivity index (χ2v) is 4.71. The van der Waals surface area contributed by atoms with E-state index >= 15 is 0 Å². The smallest absolute Gasteiger partial charge is 0.303 e. The lowest BCUT2D eigenvalue weighted by Crippen LogP contribution is -2.05. The summed E-state index contributed by atoms with van der Waals surface area (Å²) < 4.78 is 0. The molecule has 1 N–H and O–H groups in total. The maximum atomic E-state index is 10.6. The van der Waals surface area contributed by atoms with Crippen molar-refractivity contribution in [2.24, 2.45) is 0 Å². The van der Waals surface area contributed by atoms with Gasteiger partial charge in [0.25, 0.3) is 0 Å². The summed E-state index contributed by atoms with van der Waals surface area (Å²) in [6.45, 7) is 2.04. The molecule has 1 aliphatic heterocycles. The van der Waals surface area contributed by atoms with Crippen LogP contribution >= 0.6 is 11.8 Å². The van der Waals surface area contributed by atoms with Crippen molar-refractivity contribution >= 4 is 17.7 Å². The summed E-state index contributed by atoms with van der Waals surface area (Å²) in [6, 6.07) is 6.29. The van der Waals surface area contributed by atoms with E-state index in [0.717, 1.165) is 5.75 Å². The molecule has 1 atom stereocenters. The van der Waals surface area contributed by atoms with Crippen LogP contribution in [0.1, 0.15) is 23.5 Å².